The third-order valence-electron chi connectivity index (χ3n) is 4.08. The van der Waals surface area contributed by atoms with Crippen molar-refractivity contribution in [3.63, 3.8) is 0 Å². The van der Waals surface area contributed by atoms with Crippen molar-refractivity contribution in [2.75, 3.05) is 32.6 Å². The van der Waals surface area contributed by atoms with Crippen LogP contribution in [-0.4, -0.2) is 45.1 Å². The molecule has 1 aromatic rings. The Morgan fingerprint density at radius 2 is 2.00 bits per heavy atom. The molecule has 2 amide bonds. The van der Waals surface area contributed by atoms with Crippen LogP contribution in [0.2, 0.25) is 5.02 Å². The van der Waals surface area contributed by atoms with Gasteiger partial charge in [0.05, 0.1) is 19.8 Å². The zero-order chi connectivity index (χ0) is 17.7. The van der Waals surface area contributed by atoms with E-state index in [0.717, 1.165) is 4.90 Å². The minimum atomic E-state index is -0.198. The number of likely N-dealkylation sites (N-methyl/N-ethyl adjacent to an activating group) is 1. The molecule has 1 aromatic carbocycles. The second-order valence-corrected chi connectivity index (χ2v) is 6.83. The summed E-state index contributed by atoms with van der Waals surface area (Å²) >= 11 is 5.95. The molecule has 0 aromatic heterocycles. The summed E-state index contributed by atoms with van der Waals surface area (Å²) in [4.78, 5) is 25.0. The van der Waals surface area contributed by atoms with Gasteiger partial charge in [0.25, 0.3) is 11.8 Å². The van der Waals surface area contributed by atoms with Crippen LogP contribution in [0.15, 0.2) is 18.2 Å². The highest BCUT2D eigenvalue weighted by Gasteiger charge is 2.29. The maximum absolute atomic E-state index is 12.2. The van der Waals surface area contributed by atoms with E-state index in [-0.39, 0.29) is 30.9 Å². The van der Waals surface area contributed by atoms with Gasteiger partial charge in [0, 0.05) is 11.1 Å². The predicted molar refractivity (Wildman–Crippen MR) is 93.6 cm³/mol. The number of benzene rings is 1. The number of anilines is 1. The molecule has 2 rings (SSSR count). The Bertz CT molecular complexity index is 605. The van der Waals surface area contributed by atoms with E-state index < -0.39 is 0 Å². The summed E-state index contributed by atoms with van der Waals surface area (Å²) in [5, 5.41) is 6.28. The zero-order valence-corrected chi connectivity index (χ0v) is 15.1. The van der Waals surface area contributed by atoms with E-state index in [2.05, 4.69) is 10.6 Å². The molecule has 0 radical (unpaired) electrons. The molecular weight excluding hydrogens is 330 g/mol. The number of halogens is 1. The lowest BCUT2D eigenvalue weighted by Crippen LogP contribution is -3.11. The second-order valence-electron chi connectivity index (χ2n) is 6.40. The lowest BCUT2D eigenvalue weighted by molar-refractivity contribution is -0.862. The predicted octanol–water partition coefficient (Wildman–Crippen LogP) is 0.717. The molecule has 3 N–H and O–H groups in total. The summed E-state index contributed by atoms with van der Waals surface area (Å²) in [6, 6.07) is 5.24. The first-order valence-corrected chi connectivity index (χ1v) is 8.51. The Morgan fingerprint density at radius 1 is 1.33 bits per heavy atom. The van der Waals surface area contributed by atoms with Gasteiger partial charge in [-0.15, -0.1) is 0 Å². The highest BCUT2D eigenvalue weighted by atomic mass is 35.5. The largest absolute Gasteiger partial charge is 0.495 e. The molecule has 1 aliphatic rings. The smallest absolute Gasteiger partial charge is 0.279 e. The number of carbonyl (C=O) groups is 2. The first-order chi connectivity index (χ1) is 11.4. The van der Waals surface area contributed by atoms with Crippen LogP contribution in [0.4, 0.5) is 5.69 Å². The second kappa shape index (κ2) is 8.35. The Labute approximate surface area is 147 Å². The topological polar surface area (TPSA) is 71.9 Å². The van der Waals surface area contributed by atoms with Gasteiger partial charge in [-0.2, -0.15) is 0 Å². The summed E-state index contributed by atoms with van der Waals surface area (Å²) in [6.07, 6.45) is 2.38. The van der Waals surface area contributed by atoms with Crippen LogP contribution < -0.4 is 20.3 Å². The van der Waals surface area contributed by atoms with Gasteiger partial charge in [0.1, 0.15) is 5.75 Å². The molecule has 7 heteroatoms. The minimum absolute atomic E-state index is 0.0277. The van der Waals surface area contributed by atoms with Crippen LogP contribution >= 0.6 is 11.6 Å². The SMILES string of the molecule is COc1ccc(Cl)cc1NC(=O)C[NH+](C)CC(=O)N[C@H](C)C1CC1. The number of rotatable bonds is 8. The Balaban J connectivity index is 1.80. The molecule has 0 heterocycles. The highest BCUT2D eigenvalue weighted by Crippen LogP contribution is 2.32. The van der Waals surface area contributed by atoms with Crippen molar-refractivity contribution >= 4 is 29.1 Å². The van der Waals surface area contributed by atoms with Gasteiger partial charge in [0.2, 0.25) is 0 Å². The fraction of sp³-hybridized carbons (Fsp3) is 0.529. The molecule has 0 aliphatic heterocycles. The molecule has 132 valence electrons. The fourth-order valence-corrected chi connectivity index (χ4v) is 2.77. The number of hydrogen-bond donors (Lipinski definition) is 3. The summed E-state index contributed by atoms with van der Waals surface area (Å²) in [6.45, 7) is 2.47. The maximum Gasteiger partial charge on any atom is 0.279 e. The van der Waals surface area contributed by atoms with Gasteiger partial charge in [-0.3, -0.25) is 9.59 Å². The molecule has 0 saturated heterocycles. The molecule has 0 bridgehead atoms. The Morgan fingerprint density at radius 3 is 2.62 bits per heavy atom. The third kappa shape index (κ3) is 5.69. The average Bonchev–Trinajstić information content (AvgIpc) is 3.31. The Hall–Kier alpha value is -1.79. The van der Waals surface area contributed by atoms with Gasteiger partial charge >= 0.3 is 0 Å². The normalized spacial score (nSPS) is 16.2. The number of nitrogens with one attached hydrogen (secondary N) is 3. The first kappa shape index (κ1) is 18.5. The van der Waals surface area contributed by atoms with Crippen molar-refractivity contribution in [1.82, 2.24) is 5.32 Å². The molecule has 0 spiro atoms. The number of hydrogen-bond acceptors (Lipinski definition) is 3. The fourth-order valence-electron chi connectivity index (χ4n) is 2.60. The molecule has 24 heavy (non-hydrogen) atoms. The van der Waals surface area contributed by atoms with E-state index in [0.29, 0.717) is 22.4 Å². The molecular formula is C17H25ClN3O3+. The standard InChI is InChI=1S/C17H24ClN3O3/c1-11(12-4-5-12)19-16(22)9-21(2)10-17(23)20-14-8-13(18)6-7-15(14)24-3/h6-8,11-12H,4-5,9-10H2,1-3H3,(H,19,22)(H,20,23)/p+1/t11-/m1/s1. The van der Waals surface area contributed by atoms with Crippen molar-refractivity contribution < 1.29 is 19.2 Å². The summed E-state index contributed by atoms with van der Waals surface area (Å²) in [5.41, 5.74) is 0.523. The summed E-state index contributed by atoms with van der Waals surface area (Å²) in [7, 11) is 3.35. The van der Waals surface area contributed by atoms with Crippen molar-refractivity contribution in [3.8, 4) is 5.75 Å². The van der Waals surface area contributed by atoms with Gasteiger partial charge in [-0.05, 0) is 43.9 Å². The van der Waals surface area contributed by atoms with Gasteiger partial charge in [0.15, 0.2) is 13.1 Å². The summed E-state index contributed by atoms with van der Waals surface area (Å²) in [5.74, 6) is 0.936. The minimum Gasteiger partial charge on any atom is -0.495 e. The van der Waals surface area contributed by atoms with Crippen molar-refractivity contribution in [3.05, 3.63) is 23.2 Å². The van der Waals surface area contributed by atoms with Crippen LogP contribution in [-0.2, 0) is 9.59 Å². The van der Waals surface area contributed by atoms with Gasteiger partial charge in [-0.25, -0.2) is 0 Å². The quantitative estimate of drug-likeness (QED) is 0.644. The number of ether oxygens (including phenoxy) is 1. The molecule has 1 unspecified atom stereocenters. The summed E-state index contributed by atoms with van der Waals surface area (Å²) < 4.78 is 5.20. The van der Waals surface area contributed by atoms with Crippen molar-refractivity contribution in [2.45, 2.75) is 25.8 Å². The van der Waals surface area contributed by atoms with Crippen molar-refractivity contribution in [1.29, 1.82) is 0 Å². The van der Waals surface area contributed by atoms with E-state index in [9.17, 15) is 9.59 Å². The van der Waals surface area contributed by atoms with Gasteiger partial charge in [-0.1, -0.05) is 11.6 Å². The number of carbonyl (C=O) groups excluding carboxylic acids is 2. The van der Waals surface area contributed by atoms with Crippen LogP contribution in [0, 0.1) is 5.92 Å². The van der Waals surface area contributed by atoms with E-state index in [4.69, 9.17) is 16.3 Å². The van der Waals surface area contributed by atoms with Crippen LogP contribution in [0.3, 0.4) is 0 Å². The van der Waals surface area contributed by atoms with E-state index in [1.807, 2.05) is 14.0 Å². The molecule has 2 atom stereocenters. The lowest BCUT2D eigenvalue weighted by Gasteiger charge is -2.17. The number of methoxy groups -OCH3 is 1. The first-order valence-electron chi connectivity index (χ1n) is 8.13. The van der Waals surface area contributed by atoms with Crippen LogP contribution in [0.25, 0.3) is 0 Å². The molecule has 1 saturated carbocycles. The third-order valence-corrected chi connectivity index (χ3v) is 4.31. The van der Waals surface area contributed by atoms with Crippen LogP contribution in [0.1, 0.15) is 19.8 Å². The number of quaternary nitrogens is 1. The van der Waals surface area contributed by atoms with E-state index >= 15 is 0 Å². The van der Waals surface area contributed by atoms with Crippen LogP contribution in [0.5, 0.6) is 5.75 Å². The average molecular weight is 355 g/mol. The molecule has 1 aliphatic carbocycles. The van der Waals surface area contributed by atoms with E-state index in [1.54, 1.807) is 18.2 Å². The molecule has 6 nitrogen and oxygen atoms in total. The van der Waals surface area contributed by atoms with Crippen molar-refractivity contribution in [2.24, 2.45) is 5.92 Å². The monoisotopic (exact) mass is 354 g/mol. The Kier molecular flexibility index (Phi) is 6.45. The number of amides is 2. The zero-order valence-electron chi connectivity index (χ0n) is 14.3. The highest BCUT2D eigenvalue weighted by molar-refractivity contribution is 6.31. The molecule has 1 fully saturated rings. The maximum atomic E-state index is 12.2. The van der Waals surface area contributed by atoms with E-state index in [1.165, 1.54) is 20.0 Å². The lowest BCUT2D eigenvalue weighted by atomic mass is 10.2. The van der Waals surface area contributed by atoms with Gasteiger partial charge < -0.3 is 20.3 Å².